The Kier molecular flexibility index (Phi) is 8.14. The molecule has 3 aromatic rings. The average molecular weight is 578 g/mol. The molecule has 40 heavy (non-hydrogen) atoms. The van der Waals surface area contributed by atoms with Gasteiger partial charge < -0.3 is 30.7 Å². The number of esters is 1. The van der Waals surface area contributed by atoms with E-state index < -0.39 is 48.0 Å². The van der Waals surface area contributed by atoms with Gasteiger partial charge in [0.25, 0.3) is 0 Å². The molecule has 2 heterocycles. The number of alkyl halides is 1. The minimum absolute atomic E-state index is 0.112. The van der Waals surface area contributed by atoms with Crippen molar-refractivity contribution < 1.29 is 37.4 Å². The van der Waals surface area contributed by atoms with Crippen molar-refractivity contribution in [2.45, 2.75) is 31.6 Å². The number of halogens is 3. The predicted molar refractivity (Wildman–Crippen MR) is 141 cm³/mol. The third-order valence-corrected chi connectivity index (χ3v) is 6.67. The minimum atomic E-state index is -1.88. The first-order valence-corrected chi connectivity index (χ1v) is 12.4. The number of methoxy groups -OCH3 is 1. The predicted octanol–water partition coefficient (Wildman–Crippen LogP) is 3.56. The van der Waals surface area contributed by atoms with E-state index in [-0.39, 0.29) is 41.6 Å². The van der Waals surface area contributed by atoms with Gasteiger partial charge in [-0.3, -0.25) is 9.36 Å². The van der Waals surface area contributed by atoms with E-state index in [4.69, 9.17) is 22.1 Å². The Balaban J connectivity index is 1.56. The van der Waals surface area contributed by atoms with Crippen LogP contribution >= 0.6 is 11.6 Å². The number of nitrogens with one attached hydrogen (secondary N) is 2. The van der Waals surface area contributed by atoms with Crippen LogP contribution in [-0.4, -0.2) is 65.4 Å². The number of fused-ring (bicyclic) bond motifs is 1. The van der Waals surface area contributed by atoms with E-state index in [1.54, 1.807) is 0 Å². The van der Waals surface area contributed by atoms with Gasteiger partial charge >= 0.3 is 18.0 Å². The van der Waals surface area contributed by atoms with Gasteiger partial charge in [0.1, 0.15) is 23.3 Å². The normalized spacial score (nSPS) is 18.4. The maximum atomic E-state index is 15.0. The van der Waals surface area contributed by atoms with Gasteiger partial charge in [0.05, 0.1) is 29.9 Å². The van der Waals surface area contributed by atoms with E-state index in [9.17, 15) is 23.6 Å². The van der Waals surface area contributed by atoms with Crippen molar-refractivity contribution in [3.05, 3.63) is 59.0 Å². The Labute approximate surface area is 232 Å². The molecule has 212 valence electrons. The number of hydrogen-bond donors (Lipinski definition) is 3. The fourth-order valence-corrected chi connectivity index (χ4v) is 4.64. The van der Waals surface area contributed by atoms with Crippen molar-refractivity contribution in [1.82, 2.24) is 14.8 Å². The molecular formula is C26H26ClF2N5O6. The summed E-state index contributed by atoms with van der Waals surface area (Å²) in [5.41, 5.74) is 4.16. The average Bonchev–Trinajstić information content (AvgIpc) is 3.44. The fraction of sp³-hybridized carbons (Fsp3) is 0.308. The molecule has 11 nitrogen and oxygen atoms in total. The number of carbonyl (C=O) groups is 4. The summed E-state index contributed by atoms with van der Waals surface area (Å²) in [6.45, 7) is 0.269. The molecule has 4 amide bonds. The second-order valence-corrected chi connectivity index (χ2v) is 9.82. The number of primary amides is 1. The van der Waals surface area contributed by atoms with Crippen molar-refractivity contribution in [2.75, 3.05) is 25.6 Å². The van der Waals surface area contributed by atoms with Crippen LogP contribution in [0.5, 0.6) is 5.75 Å². The maximum absolute atomic E-state index is 15.0. The molecule has 1 fully saturated rings. The largest absolute Gasteiger partial charge is 0.482 e. The summed E-state index contributed by atoms with van der Waals surface area (Å²) in [6.07, 6.45) is 0.982. The molecular weight excluding hydrogens is 552 g/mol. The van der Waals surface area contributed by atoms with Gasteiger partial charge in [-0.1, -0.05) is 23.7 Å². The number of hydrogen-bond acceptors (Lipinski definition) is 6. The Morgan fingerprint density at radius 3 is 2.67 bits per heavy atom. The van der Waals surface area contributed by atoms with Crippen LogP contribution in [-0.2, 0) is 20.9 Å². The highest BCUT2D eigenvalue weighted by Gasteiger charge is 2.46. The number of amides is 4. The van der Waals surface area contributed by atoms with Crippen LogP contribution in [0.2, 0.25) is 5.02 Å². The lowest BCUT2D eigenvalue weighted by Gasteiger charge is -2.24. The maximum Gasteiger partial charge on any atom is 0.343 e. The Hall–Kier alpha value is -4.39. The molecule has 0 aliphatic carbocycles. The van der Waals surface area contributed by atoms with Gasteiger partial charge in [-0.05, 0) is 31.2 Å². The molecule has 2 atom stereocenters. The molecule has 0 saturated carbocycles. The number of nitrogens with two attached hydrogens (primary N) is 1. The number of ether oxygens (including phenoxy) is 2. The zero-order valence-corrected chi connectivity index (χ0v) is 22.3. The van der Waals surface area contributed by atoms with E-state index in [0.29, 0.717) is 10.9 Å². The van der Waals surface area contributed by atoms with E-state index in [2.05, 4.69) is 15.4 Å². The number of urea groups is 1. The van der Waals surface area contributed by atoms with Crippen LogP contribution in [0.25, 0.3) is 10.9 Å². The van der Waals surface area contributed by atoms with Gasteiger partial charge in [-0.2, -0.15) is 0 Å². The number of aromatic nitrogens is 1. The molecule has 1 saturated heterocycles. The third kappa shape index (κ3) is 6.09. The first kappa shape index (κ1) is 28.6. The van der Waals surface area contributed by atoms with Crippen LogP contribution < -0.4 is 21.1 Å². The summed E-state index contributed by atoms with van der Waals surface area (Å²) in [4.78, 5) is 50.8. The smallest absolute Gasteiger partial charge is 0.343 e. The lowest BCUT2D eigenvalue weighted by molar-refractivity contribution is -0.142. The summed E-state index contributed by atoms with van der Waals surface area (Å²) in [5, 5.41) is 5.36. The van der Waals surface area contributed by atoms with E-state index in [1.165, 1.54) is 56.6 Å². The zero-order valence-electron chi connectivity index (χ0n) is 21.5. The molecule has 1 aliphatic heterocycles. The number of anilines is 1. The second-order valence-electron chi connectivity index (χ2n) is 9.42. The zero-order chi connectivity index (χ0) is 29.2. The van der Waals surface area contributed by atoms with Gasteiger partial charge in [0, 0.05) is 30.1 Å². The highest BCUT2D eigenvalue weighted by Crippen LogP contribution is 2.33. The van der Waals surface area contributed by atoms with E-state index in [1.807, 2.05) is 0 Å². The number of carbonyl (C=O) groups excluding carboxylic acids is 4. The van der Waals surface area contributed by atoms with Crippen molar-refractivity contribution in [2.24, 2.45) is 5.73 Å². The highest BCUT2D eigenvalue weighted by atomic mass is 35.5. The second kappa shape index (κ2) is 11.4. The van der Waals surface area contributed by atoms with Gasteiger partial charge in [0.2, 0.25) is 5.91 Å². The Bertz CT molecular complexity index is 1490. The molecule has 1 aliphatic rings. The highest BCUT2D eigenvalue weighted by molar-refractivity contribution is 6.30. The number of nitrogens with zero attached hydrogens (tertiary/aromatic N) is 2. The number of rotatable bonds is 7. The standard InChI is InChI=1S/C26H26ClF2N5O6/c1-26(29)9-20(23(36)31-10-14-4-3-5-17(27)22(14)28)34(13-26)25(38)32-18-11-33(24(30)37)19-7-6-15(8-16(18)19)40-12-21(35)39-2/h3-8,11,20H,9-10,12-13H2,1-2H3,(H2,30,37)(H,31,36)(H,32,38)/t20-,26+/m0/s1. The molecule has 4 rings (SSSR count). The molecule has 0 spiro atoms. The van der Waals surface area contributed by atoms with E-state index in [0.717, 1.165) is 9.47 Å². The summed E-state index contributed by atoms with van der Waals surface area (Å²) in [7, 11) is 1.21. The van der Waals surface area contributed by atoms with Crippen LogP contribution in [0.15, 0.2) is 42.6 Å². The van der Waals surface area contributed by atoms with Crippen LogP contribution in [0.4, 0.5) is 24.1 Å². The lowest BCUT2D eigenvalue weighted by atomic mass is 10.0. The SMILES string of the molecule is COC(=O)COc1ccc2c(c1)c(NC(=O)N1C[C@](C)(F)C[C@H]1C(=O)NCc1cccc(Cl)c1F)cn2C(N)=O. The van der Waals surface area contributed by atoms with Crippen molar-refractivity contribution in [3.63, 3.8) is 0 Å². The topological polar surface area (TPSA) is 145 Å². The van der Waals surface area contributed by atoms with Crippen molar-refractivity contribution >= 4 is 52.1 Å². The van der Waals surface area contributed by atoms with Gasteiger partial charge in [-0.25, -0.2) is 23.2 Å². The number of likely N-dealkylation sites (tertiary alicyclic amines) is 1. The molecule has 0 bridgehead atoms. The van der Waals surface area contributed by atoms with Crippen LogP contribution in [0, 0.1) is 5.82 Å². The van der Waals surface area contributed by atoms with Crippen LogP contribution in [0.1, 0.15) is 18.9 Å². The monoisotopic (exact) mass is 577 g/mol. The summed E-state index contributed by atoms with van der Waals surface area (Å²) < 4.78 is 40.3. The number of benzene rings is 2. The lowest BCUT2D eigenvalue weighted by Crippen LogP contribution is -2.47. The molecule has 4 N–H and O–H groups in total. The van der Waals surface area contributed by atoms with Crippen molar-refractivity contribution in [3.8, 4) is 5.75 Å². The summed E-state index contributed by atoms with van der Waals surface area (Å²) >= 11 is 5.79. The Morgan fingerprint density at radius 2 is 1.98 bits per heavy atom. The first-order chi connectivity index (χ1) is 18.9. The van der Waals surface area contributed by atoms with Gasteiger partial charge in [-0.15, -0.1) is 0 Å². The van der Waals surface area contributed by atoms with Crippen molar-refractivity contribution in [1.29, 1.82) is 0 Å². The van der Waals surface area contributed by atoms with Crippen LogP contribution in [0.3, 0.4) is 0 Å². The Morgan fingerprint density at radius 1 is 1.23 bits per heavy atom. The molecule has 1 aromatic heterocycles. The summed E-state index contributed by atoms with van der Waals surface area (Å²) in [6, 6.07) is 5.93. The third-order valence-electron chi connectivity index (χ3n) is 6.38. The van der Waals surface area contributed by atoms with Gasteiger partial charge in [0.15, 0.2) is 6.61 Å². The fourth-order valence-electron chi connectivity index (χ4n) is 4.45. The molecule has 14 heteroatoms. The molecule has 2 aromatic carbocycles. The quantitative estimate of drug-likeness (QED) is 0.366. The first-order valence-electron chi connectivity index (χ1n) is 12.0. The molecule has 0 unspecified atom stereocenters. The minimum Gasteiger partial charge on any atom is -0.482 e. The summed E-state index contributed by atoms with van der Waals surface area (Å²) in [5.74, 6) is -1.76. The molecule has 0 radical (unpaired) electrons. The van der Waals surface area contributed by atoms with E-state index >= 15 is 4.39 Å².